The molecular weight excluding hydrogens is 286 g/mol. The van der Waals surface area contributed by atoms with Crippen molar-refractivity contribution in [3.63, 3.8) is 0 Å². The van der Waals surface area contributed by atoms with Gasteiger partial charge in [-0.15, -0.1) is 0 Å². The Balaban J connectivity index is 2.27. The van der Waals surface area contributed by atoms with Crippen molar-refractivity contribution in [3.8, 4) is 0 Å². The lowest BCUT2D eigenvalue weighted by molar-refractivity contribution is -0.389. The number of carbonyl (C=O) groups is 1. The Bertz CT molecular complexity index is 668. The minimum absolute atomic E-state index is 0.245. The van der Waals surface area contributed by atoms with Crippen LogP contribution in [0.2, 0.25) is 5.02 Å². The lowest BCUT2D eigenvalue weighted by atomic mass is 10.1. The van der Waals surface area contributed by atoms with Crippen LogP contribution in [0.3, 0.4) is 0 Å². The molecule has 0 bridgehead atoms. The van der Waals surface area contributed by atoms with Gasteiger partial charge in [0.2, 0.25) is 6.33 Å². The molecule has 0 aliphatic rings. The molecule has 0 spiro atoms. The van der Waals surface area contributed by atoms with Crippen LogP contribution < -0.4 is 0 Å². The van der Waals surface area contributed by atoms with Gasteiger partial charge < -0.3 is 19.4 Å². The summed E-state index contributed by atoms with van der Waals surface area (Å²) >= 11 is 6.04. The van der Waals surface area contributed by atoms with Crippen LogP contribution in [0, 0.1) is 10.1 Å². The number of rotatable bonds is 4. The number of aromatic nitrogens is 2. The average Bonchev–Trinajstić information content (AvgIpc) is 2.89. The van der Waals surface area contributed by atoms with Crippen LogP contribution in [0.5, 0.6) is 0 Å². The lowest BCUT2D eigenvalue weighted by Gasteiger charge is -2.06. The Morgan fingerprint density at radius 3 is 2.90 bits per heavy atom. The molecular formula is C12H10ClN3O4. The molecule has 0 aliphatic heterocycles. The summed E-state index contributed by atoms with van der Waals surface area (Å²) in [5.74, 6) is -0.718. The molecule has 7 nitrogen and oxygen atoms in total. The number of ether oxygens (including phenoxy) is 1. The van der Waals surface area contributed by atoms with Gasteiger partial charge in [0.05, 0.1) is 19.2 Å². The molecule has 20 heavy (non-hydrogen) atoms. The molecule has 0 saturated carbocycles. The summed E-state index contributed by atoms with van der Waals surface area (Å²) in [6, 6.07) is 4.71. The average molecular weight is 296 g/mol. The van der Waals surface area contributed by atoms with Crippen molar-refractivity contribution in [1.29, 1.82) is 0 Å². The van der Waals surface area contributed by atoms with E-state index in [1.54, 1.807) is 18.2 Å². The van der Waals surface area contributed by atoms with Crippen LogP contribution in [-0.4, -0.2) is 27.6 Å². The number of esters is 1. The van der Waals surface area contributed by atoms with Crippen LogP contribution in [0.1, 0.15) is 15.9 Å². The second-order valence-corrected chi connectivity index (χ2v) is 4.37. The molecule has 2 rings (SSSR count). The fraction of sp³-hybridized carbons (Fsp3) is 0.167. The monoisotopic (exact) mass is 295 g/mol. The first-order valence-corrected chi connectivity index (χ1v) is 5.92. The summed E-state index contributed by atoms with van der Waals surface area (Å²) < 4.78 is 6.14. The fourth-order valence-corrected chi connectivity index (χ4v) is 1.84. The summed E-state index contributed by atoms with van der Waals surface area (Å²) in [7, 11) is 1.29. The Labute approximate surface area is 118 Å². The molecule has 0 fully saturated rings. The van der Waals surface area contributed by atoms with Crippen molar-refractivity contribution in [2.45, 2.75) is 6.54 Å². The van der Waals surface area contributed by atoms with Crippen molar-refractivity contribution in [2.24, 2.45) is 0 Å². The molecule has 0 aliphatic carbocycles. The lowest BCUT2D eigenvalue weighted by Crippen LogP contribution is -2.04. The quantitative estimate of drug-likeness (QED) is 0.490. The SMILES string of the molecule is COC(=O)c1ccc(Cl)c(Cn2cnc([N+](=O)[O-])c2)c1. The molecule has 0 N–H and O–H groups in total. The summed E-state index contributed by atoms with van der Waals surface area (Å²) in [4.78, 5) is 25.1. The molecule has 0 radical (unpaired) electrons. The van der Waals surface area contributed by atoms with Gasteiger partial charge in [0, 0.05) is 5.02 Å². The number of carbonyl (C=O) groups excluding carboxylic acids is 1. The highest BCUT2D eigenvalue weighted by Gasteiger charge is 2.13. The van der Waals surface area contributed by atoms with E-state index in [-0.39, 0.29) is 12.4 Å². The zero-order chi connectivity index (χ0) is 14.7. The first kappa shape index (κ1) is 14.0. The molecule has 0 amide bonds. The van der Waals surface area contributed by atoms with Crippen LogP contribution in [-0.2, 0) is 11.3 Å². The Kier molecular flexibility index (Phi) is 3.99. The Morgan fingerprint density at radius 1 is 1.55 bits per heavy atom. The second kappa shape index (κ2) is 5.70. The first-order chi connectivity index (χ1) is 9.51. The highest BCUT2D eigenvalue weighted by molar-refractivity contribution is 6.31. The Morgan fingerprint density at radius 2 is 2.30 bits per heavy atom. The van der Waals surface area contributed by atoms with Gasteiger partial charge in [-0.2, -0.15) is 0 Å². The number of imidazole rings is 1. The van der Waals surface area contributed by atoms with Gasteiger partial charge >= 0.3 is 11.8 Å². The molecule has 0 saturated heterocycles. The van der Waals surface area contributed by atoms with E-state index in [0.717, 1.165) is 0 Å². The van der Waals surface area contributed by atoms with Crippen molar-refractivity contribution in [3.05, 3.63) is 57.0 Å². The third-order valence-electron chi connectivity index (χ3n) is 2.63. The standard InChI is InChI=1S/C12H10ClN3O4/c1-20-12(17)8-2-3-10(13)9(4-8)5-15-6-11(14-7-15)16(18)19/h2-4,6-7H,5H2,1H3. The number of hydrogen-bond acceptors (Lipinski definition) is 5. The highest BCUT2D eigenvalue weighted by Crippen LogP contribution is 2.20. The largest absolute Gasteiger partial charge is 0.465 e. The van der Waals surface area contributed by atoms with E-state index >= 15 is 0 Å². The minimum atomic E-state index is -0.580. The maximum atomic E-state index is 11.4. The third kappa shape index (κ3) is 2.94. The predicted molar refractivity (Wildman–Crippen MR) is 70.8 cm³/mol. The number of methoxy groups -OCH3 is 1. The number of hydrogen-bond donors (Lipinski definition) is 0. The molecule has 0 unspecified atom stereocenters. The van der Waals surface area contributed by atoms with Crippen molar-refractivity contribution in [1.82, 2.24) is 9.55 Å². The van der Waals surface area contributed by atoms with E-state index in [1.807, 2.05) is 0 Å². The maximum absolute atomic E-state index is 11.4. The smallest absolute Gasteiger partial charge is 0.381 e. The van der Waals surface area contributed by atoms with Gasteiger partial charge in [-0.25, -0.2) is 4.79 Å². The van der Waals surface area contributed by atoms with Crippen LogP contribution in [0.4, 0.5) is 5.82 Å². The van der Waals surface area contributed by atoms with Gasteiger partial charge in [0.25, 0.3) is 0 Å². The summed E-state index contributed by atoms with van der Waals surface area (Å²) in [6.07, 6.45) is 2.63. The molecule has 1 aromatic heterocycles. The highest BCUT2D eigenvalue weighted by atomic mass is 35.5. The molecule has 0 atom stereocenters. The molecule has 2 aromatic rings. The second-order valence-electron chi connectivity index (χ2n) is 3.96. The van der Waals surface area contributed by atoms with Crippen LogP contribution in [0.25, 0.3) is 0 Å². The van der Waals surface area contributed by atoms with E-state index in [2.05, 4.69) is 9.72 Å². The van der Waals surface area contributed by atoms with Crippen molar-refractivity contribution < 1.29 is 14.5 Å². The maximum Gasteiger partial charge on any atom is 0.381 e. The third-order valence-corrected chi connectivity index (χ3v) is 3.00. The van der Waals surface area contributed by atoms with Gasteiger partial charge in [-0.05, 0) is 33.7 Å². The minimum Gasteiger partial charge on any atom is -0.465 e. The van der Waals surface area contributed by atoms with Crippen LogP contribution >= 0.6 is 11.6 Å². The van der Waals surface area contributed by atoms with E-state index in [0.29, 0.717) is 16.1 Å². The summed E-state index contributed by atoms with van der Waals surface area (Å²) in [5, 5.41) is 11.0. The predicted octanol–water partition coefficient (Wildman–Crippen LogP) is 2.28. The fourth-order valence-electron chi connectivity index (χ4n) is 1.67. The van der Waals surface area contributed by atoms with E-state index < -0.39 is 10.9 Å². The topological polar surface area (TPSA) is 87.3 Å². The number of nitrogens with zero attached hydrogens (tertiary/aromatic N) is 3. The first-order valence-electron chi connectivity index (χ1n) is 5.54. The van der Waals surface area contributed by atoms with E-state index in [4.69, 9.17) is 11.6 Å². The summed E-state index contributed by atoms with van der Waals surface area (Å²) in [6.45, 7) is 0.268. The van der Waals surface area contributed by atoms with E-state index in [1.165, 1.54) is 24.2 Å². The van der Waals surface area contributed by atoms with Gasteiger partial charge in [-0.1, -0.05) is 11.6 Å². The van der Waals surface area contributed by atoms with Gasteiger partial charge in [-0.3, -0.25) is 0 Å². The number of nitro groups is 1. The number of benzene rings is 1. The number of halogens is 1. The van der Waals surface area contributed by atoms with Crippen LogP contribution in [0.15, 0.2) is 30.7 Å². The molecule has 1 heterocycles. The zero-order valence-electron chi connectivity index (χ0n) is 10.4. The van der Waals surface area contributed by atoms with E-state index in [9.17, 15) is 14.9 Å². The normalized spacial score (nSPS) is 10.3. The molecule has 1 aromatic carbocycles. The van der Waals surface area contributed by atoms with Crippen molar-refractivity contribution >= 4 is 23.4 Å². The summed E-state index contributed by atoms with van der Waals surface area (Å²) in [5.41, 5.74) is 1.00. The van der Waals surface area contributed by atoms with Gasteiger partial charge in [0.1, 0.15) is 6.20 Å². The van der Waals surface area contributed by atoms with Gasteiger partial charge in [0.15, 0.2) is 0 Å². The Hall–Kier alpha value is -2.41. The molecule has 8 heteroatoms. The van der Waals surface area contributed by atoms with Crippen molar-refractivity contribution in [2.75, 3.05) is 7.11 Å². The molecule has 104 valence electrons. The zero-order valence-corrected chi connectivity index (χ0v) is 11.2.